The summed E-state index contributed by atoms with van der Waals surface area (Å²) in [5, 5.41) is 6.51. The van der Waals surface area contributed by atoms with Crippen molar-refractivity contribution in [3.8, 4) is 11.4 Å². The van der Waals surface area contributed by atoms with Crippen LogP contribution in [0.1, 0.15) is 17.5 Å². The van der Waals surface area contributed by atoms with E-state index in [4.69, 9.17) is 10.5 Å². The van der Waals surface area contributed by atoms with Gasteiger partial charge < -0.3 is 10.5 Å². The minimum atomic E-state index is -0.531. The van der Waals surface area contributed by atoms with E-state index >= 15 is 0 Å². The third-order valence-corrected chi connectivity index (χ3v) is 2.88. The maximum Gasteiger partial charge on any atom is 0.375 e. The van der Waals surface area contributed by atoms with E-state index in [9.17, 15) is 4.79 Å². The van der Waals surface area contributed by atoms with Gasteiger partial charge in [0, 0.05) is 15.7 Å². The number of rotatable bonds is 3. The maximum atomic E-state index is 11.4. The number of halogens is 1. The van der Waals surface area contributed by atoms with E-state index < -0.39 is 5.97 Å². The SMILES string of the molecule is CCOC(=O)c1nc(-c2cc(N)ccc2Br)n[nH]1. The van der Waals surface area contributed by atoms with Crippen molar-refractivity contribution in [1.29, 1.82) is 0 Å². The molecule has 1 aromatic carbocycles. The first-order valence-electron chi connectivity index (χ1n) is 5.26. The second-order valence-electron chi connectivity index (χ2n) is 3.47. The number of nitrogens with zero attached hydrogens (tertiary/aromatic N) is 2. The molecule has 0 fully saturated rings. The third kappa shape index (κ3) is 2.51. The van der Waals surface area contributed by atoms with Crippen molar-refractivity contribution in [2.75, 3.05) is 12.3 Å². The van der Waals surface area contributed by atoms with Crippen LogP contribution in [0.25, 0.3) is 11.4 Å². The molecule has 0 aliphatic carbocycles. The minimum absolute atomic E-state index is 0.0705. The number of benzene rings is 1. The summed E-state index contributed by atoms with van der Waals surface area (Å²) in [7, 11) is 0. The van der Waals surface area contributed by atoms with Crippen LogP contribution in [0, 0.1) is 0 Å². The number of hydrogen-bond acceptors (Lipinski definition) is 5. The molecular weight excluding hydrogens is 300 g/mol. The van der Waals surface area contributed by atoms with E-state index in [1.54, 1.807) is 25.1 Å². The Bertz CT molecular complexity index is 582. The second-order valence-corrected chi connectivity index (χ2v) is 4.32. The van der Waals surface area contributed by atoms with Crippen LogP contribution in [0.3, 0.4) is 0 Å². The zero-order chi connectivity index (χ0) is 13.1. The van der Waals surface area contributed by atoms with Crippen molar-refractivity contribution < 1.29 is 9.53 Å². The zero-order valence-electron chi connectivity index (χ0n) is 9.61. The molecule has 94 valence electrons. The number of ether oxygens (including phenoxy) is 1. The van der Waals surface area contributed by atoms with Crippen LogP contribution in [0.2, 0.25) is 0 Å². The molecule has 0 spiro atoms. The normalized spacial score (nSPS) is 10.3. The quantitative estimate of drug-likeness (QED) is 0.668. The summed E-state index contributed by atoms with van der Waals surface area (Å²) < 4.78 is 5.62. The van der Waals surface area contributed by atoms with Gasteiger partial charge in [-0.2, -0.15) is 5.10 Å². The van der Waals surface area contributed by atoms with Crippen LogP contribution in [0.5, 0.6) is 0 Å². The average molecular weight is 311 g/mol. The van der Waals surface area contributed by atoms with E-state index in [2.05, 4.69) is 31.1 Å². The molecule has 2 aromatic rings. The summed E-state index contributed by atoms with van der Waals surface area (Å²) in [5.41, 5.74) is 7.00. The van der Waals surface area contributed by atoms with Gasteiger partial charge in [0.15, 0.2) is 5.82 Å². The summed E-state index contributed by atoms with van der Waals surface area (Å²) in [6.45, 7) is 2.01. The van der Waals surface area contributed by atoms with Gasteiger partial charge in [0.1, 0.15) is 0 Å². The molecule has 0 radical (unpaired) electrons. The van der Waals surface area contributed by atoms with Crippen LogP contribution in [0.4, 0.5) is 5.69 Å². The average Bonchev–Trinajstić information content (AvgIpc) is 2.82. The predicted octanol–water partition coefficient (Wildman–Crippen LogP) is 1.99. The first kappa shape index (κ1) is 12.6. The highest BCUT2D eigenvalue weighted by Crippen LogP contribution is 2.27. The molecule has 3 N–H and O–H groups in total. The van der Waals surface area contributed by atoms with Crippen LogP contribution in [0.15, 0.2) is 22.7 Å². The second kappa shape index (κ2) is 5.18. The van der Waals surface area contributed by atoms with Gasteiger partial charge in [-0.05, 0) is 25.1 Å². The molecule has 0 unspecified atom stereocenters. The number of nitrogen functional groups attached to an aromatic ring is 1. The van der Waals surface area contributed by atoms with Crippen molar-refractivity contribution >= 4 is 27.6 Å². The number of carbonyl (C=O) groups is 1. The number of anilines is 1. The first-order chi connectivity index (χ1) is 8.61. The molecule has 0 saturated heterocycles. The molecule has 0 saturated carbocycles. The summed E-state index contributed by atoms with van der Waals surface area (Å²) in [5.74, 6) is -0.0744. The number of aromatic nitrogens is 3. The lowest BCUT2D eigenvalue weighted by atomic mass is 10.2. The zero-order valence-corrected chi connectivity index (χ0v) is 11.2. The summed E-state index contributed by atoms with van der Waals surface area (Å²) in [6, 6.07) is 5.28. The van der Waals surface area contributed by atoms with E-state index in [1.807, 2.05) is 0 Å². The summed E-state index contributed by atoms with van der Waals surface area (Å²) >= 11 is 3.38. The fraction of sp³-hybridized carbons (Fsp3) is 0.182. The van der Waals surface area contributed by atoms with Crippen LogP contribution < -0.4 is 5.73 Å². The highest BCUT2D eigenvalue weighted by atomic mass is 79.9. The lowest BCUT2D eigenvalue weighted by molar-refractivity contribution is 0.0512. The van der Waals surface area contributed by atoms with Crippen molar-refractivity contribution in [3.05, 3.63) is 28.5 Å². The monoisotopic (exact) mass is 310 g/mol. The standard InChI is InChI=1S/C11H11BrN4O2/c1-2-18-11(17)10-14-9(15-16-10)7-5-6(13)3-4-8(7)12/h3-5H,2,13H2,1H3,(H,14,15,16). The Morgan fingerprint density at radius 1 is 1.56 bits per heavy atom. The third-order valence-electron chi connectivity index (χ3n) is 2.19. The molecule has 18 heavy (non-hydrogen) atoms. The molecule has 0 aliphatic heterocycles. The van der Waals surface area contributed by atoms with Gasteiger partial charge in [-0.25, -0.2) is 9.78 Å². The molecule has 2 rings (SSSR count). The number of nitrogens with two attached hydrogens (primary N) is 1. The highest BCUT2D eigenvalue weighted by molar-refractivity contribution is 9.10. The fourth-order valence-electron chi connectivity index (χ4n) is 1.39. The molecule has 0 bridgehead atoms. The Balaban J connectivity index is 2.35. The molecule has 1 heterocycles. The summed E-state index contributed by atoms with van der Waals surface area (Å²) in [6.07, 6.45) is 0. The van der Waals surface area contributed by atoms with Gasteiger partial charge in [0.25, 0.3) is 0 Å². The Kier molecular flexibility index (Phi) is 3.61. The van der Waals surface area contributed by atoms with Crippen LogP contribution >= 0.6 is 15.9 Å². The molecule has 7 heteroatoms. The van der Waals surface area contributed by atoms with Crippen molar-refractivity contribution in [1.82, 2.24) is 15.2 Å². The van der Waals surface area contributed by atoms with Crippen molar-refractivity contribution in [2.24, 2.45) is 0 Å². The largest absolute Gasteiger partial charge is 0.460 e. The Labute approximate surface area is 112 Å². The fourth-order valence-corrected chi connectivity index (χ4v) is 1.81. The minimum Gasteiger partial charge on any atom is -0.460 e. The Morgan fingerprint density at radius 3 is 3.06 bits per heavy atom. The van der Waals surface area contributed by atoms with Gasteiger partial charge in [-0.15, -0.1) is 0 Å². The van der Waals surface area contributed by atoms with Crippen molar-refractivity contribution in [2.45, 2.75) is 6.92 Å². The van der Waals surface area contributed by atoms with Gasteiger partial charge in [0.05, 0.1) is 6.61 Å². The molecule has 0 aliphatic rings. The van der Waals surface area contributed by atoms with Gasteiger partial charge >= 0.3 is 5.97 Å². The molecule has 6 nitrogen and oxygen atoms in total. The Morgan fingerprint density at radius 2 is 2.33 bits per heavy atom. The lowest BCUT2D eigenvalue weighted by Crippen LogP contribution is -2.06. The maximum absolute atomic E-state index is 11.4. The summed E-state index contributed by atoms with van der Waals surface area (Å²) in [4.78, 5) is 15.5. The Hall–Kier alpha value is -1.89. The smallest absolute Gasteiger partial charge is 0.375 e. The van der Waals surface area contributed by atoms with Gasteiger partial charge in [0.2, 0.25) is 5.82 Å². The van der Waals surface area contributed by atoms with Gasteiger partial charge in [-0.1, -0.05) is 15.9 Å². The number of H-pyrrole nitrogens is 1. The lowest BCUT2D eigenvalue weighted by Gasteiger charge is -2.00. The predicted molar refractivity (Wildman–Crippen MR) is 69.9 cm³/mol. The van der Waals surface area contributed by atoms with E-state index in [0.717, 1.165) is 4.47 Å². The topological polar surface area (TPSA) is 93.9 Å². The van der Waals surface area contributed by atoms with Crippen LogP contribution in [-0.2, 0) is 4.74 Å². The van der Waals surface area contributed by atoms with E-state index in [1.165, 1.54) is 0 Å². The molecule has 0 atom stereocenters. The van der Waals surface area contributed by atoms with Crippen LogP contribution in [-0.4, -0.2) is 27.8 Å². The molecular formula is C11H11BrN4O2. The van der Waals surface area contributed by atoms with E-state index in [0.29, 0.717) is 17.1 Å². The van der Waals surface area contributed by atoms with E-state index in [-0.39, 0.29) is 12.4 Å². The number of hydrogen-bond donors (Lipinski definition) is 2. The highest BCUT2D eigenvalue weighted by Gasteiger charge is 2.15. The van der Waals surface area contributed by atoms with Crippen molar-refractivity contribution in [3.63, 3.8) is 0 Å². The first-order valence-corrected chi connectivity index (χ1v) is 6.06. The van der Waals surface area contributed by atoms with Gasteiger partial charge in [-0.3, -0.25) is 5.10 Å². The number of nitrogens with one attached hydrogen (secondary N) is 1. The number of esters is 1. The number of carbonyl (C=O) groups excluding carboxylic acids is 1. The molecule has 1 aromatic heterocycles. The molecule has 0 amide bonds. The number of aromatic amines is 1.